The first kappa shape index (κ1) is 13.9. The van der Waals surface area contributed by atoms with Gasteiger partial charge in [-0.3, -0.25) is 9.69 Å². The number of anilines is 1. The highest BCUT2D eigenvalue weighted by Crippen LogP contribution is 2.25. The smallest absolute Gasteiger partial charge is 0.217 e. The average molecular weight is 261 g/mol. The van der Waals surface area contributed by atoms with E-state index in [4.69, 9.17) is 5.73 Å². The fraction of sp³-hybridized carbons (Fsp3) is 0.533. The molecule has 19 heavy (non-hydrogen) atoms. The number of piperidine rings is 1. The minimum Gasteiger partial charge on any atom is -0.399 e. The van der Waals surface area contributed by atoms with Crippen molar-refractivity contribution in [1.29, 1.82) is 0 Å². The molecule has 1 unspecified atom stereocenters. The van der Waals surface area contributed by atoms with E-state index in [2.05, 4.69) is 23.2 Å². The van der Waals surface area contributed by atoms with Crippen molar-refractivity contribution in [2.75, 3.05) is 18.8 Å². The molecule has 1 amide bonds. The molecule has 1 saturated heterocycles. The number of likely N-dealkylation sites (tertiary alicyclic amines) is 1. The number of carbonyl (C=O) groups excluding carboxylic acids is 1. The van der Waals surface area contributed by atoms with Crippen LogP contribution in [0.1, 0.15) is 38.3 Å². The van der Waals surface area contributed by atoms with Crippen molar-refractivity contribution in [2.24, 2.45) is 0 Å². The number of carbonyl (C=O) groups is 1. The summed E-state index contributed by atoms with van der Waals surface area (Å²) in [4.78, 5) is 13.5. The van der Waals surface area contributed by atoms with Crippen LogP contribution >= 0.6 is 0 Å². The molecule has 1 heterocycles. The van der Waals surface area contributed by atoms with Gasteiger partial charge in [0, 0.05) is 37.8 Å². The van der Waals surface area contributed by atoms with Crippen molar-refractivity contribution in [3.05, 3.63) is 29.8 Å². The van der Waals surface area contributed by atoms with E-state index in [1.807, 2.05) is 18.2 Å². The first-order valence-electron chi connectivity index (χ1n) is 6.93. The lowest BCUT2D eigenvalue weighted by atomic mass is 10.00. The number of hydrogen-bond acceptors (Lipinski definition) is 3. The predicted octanol–water partition coefficient (Wildman–Crippen LogP) is 1.93. The van der Waals surface area contributed by atoms with Gasteiger partial charge in [0.15, 0.2) is 0 Å². The van der Waals surface area contributed by atoms with Crippen LogP contribution in [0.3, 0.4) is 0 Å². The molecule has 1 atom stereocenters. The lowest BCUT2D eigenvalue weighted by molar-refractivity contribution is -0.120. The highest BCUT2D eigenvalue weighted by Gasteiger charge is 2.23. The number of rotatable bonds is 3. The van der Waals surface area contributed by atoms with Crippen LogP contribution < -0.4 is 11.1 Å². The molecular formula is C15H23N3O. The molecule has 1 aliphatic heterocycles. The molecule has 0 spiro atoms. The van der Waals surface area contributed by atoms with Crippen LogP contribution in [0.15, 0.2) is 24.3 Å². The van der Waals surface area contributed by atoms with Crippen LogP contribution in [-0.4, -0.2) is 29.9 Å². The molecule has 0 bridgehead atoms. The van der Waals surface area contributed by atoms with Gasteiger partial charge in [0.1, 0.15) is 0 Å². The SMILES string of the molecule is CC(=O)NC1CCN(C(C)c2cccc(N)c2)CC1. The fourth-order valence-corrected chi connectivity index (χ4v) is 2.75. The number of nitrogens with one attached hydrogen (secondary N) is 1. The van der Waals surface area contributed by atoms with Gasteiger partial charge < -0.3 is 11.1 Å². The standard InChI is InChI=1S/C15H23N3O/c1-11(13-4-3-5-14(16)10-13)18-8-6-15(7-9-18)17-12(2)19/h3-5,10-11,15H,6-9,16H2,1-2H3,(H,17,19). The summed E-state index contributed by atoms with van der Waals surface area (Å²) in [5, 5.41) is 3.00. The van der Waals surface area contributed by atoms with Crippen LogP contribution in [0, 0.1) is 0 Å². The van der Waals surface area contributed by atoms with E-state index in [0.29, 0.717) is 12.1 Å². The number of nitrogens with zero attached hydrogens (tertiary/aromatic N) is 1. The second kappa shape index (κ2) is 6.06. The van der Waals surface area contributed by atoms with Gasteiger partial charge in [-0.05, 0) is 37.5 Å². The van der Waals surface area contributed by atoms with Crippen molar-refractivity contribution in [2.45, 2.75) is 38.8 Å². The quantitative estimate of drug-likeness (QED) is 0.817. The van der Waals surface area contributed by atoms with Crippen LogP contribution in [0.2, 0.25) is 0 Å². The maximum Gasteiger partial charge on any atom is 0.217 e. The van der Waals surface area contributed by atoms with Crippen LogP contribution in [0.4, 0.5) is 5.69 Å². The van der Waals surface area contributed by atoms with Gasteiger partial charge in [0.05, 0.1) is 0 Å². The molecule has 3 N–H and O–H groups in total. The molecular weight excluding hydrogens is 238 g/mol. The zero-order valence-electron chi connectivity index (χ0n) is 11.7. The monoisotopic (exact) mass is 261 g/mol. The minimum atomic E-state index is 0.0716. The Kier molecular flexibility index (Phi) is 4.43. The van der Waals surface area contributed by atoms with E-state index in [1.165, 1.54) is 5.56 Å². The Morgan fingerprint density at radius 1 is 1.42 bits per heavy atom. The summed E-state index contributed by atoms with van der Waals surface area (Å²) in [5.74, 6) is 0.0716. The van der Waals surface area contributed by atoms with Crippen LogP contribution in [0.25, 0.3) is 0 Å². The lowest BCUT2D eigenvalue weighted by Crippen LogP contribution is -2.44. The van der Waals surface area contributed by atoms with Crippen molar-refractivity contribution >= 4 is 11.6 Å². The number of nitrogen functional groups attached to an aromatic ring is 1. The first-order valence-corrected chi connectivity index (χ1v) is 6.93. The molecule has 0 aliphatic carbocycles. The van der Waals surface area contributed by atoms with Crippen LogP contribution in [-0.2, 0) is 4.79 Å². The molecule has 1 aliphatic rings. The highest BCUT2D eigenvalue weighted by molar-refractivity contribution is 5.73. The van der Waals surface area contributed by atoms with E-state index in [-0.39, 0.29) is 5.91 Å². The van der Waals surface area contributed by atoms with Gasteiger partial charge in [-0.2, -0.15) is 0 Å². The van der Waals surface area contributed by atoms with Gasteiger partial charge in [0.25, 0.3) is 0 Å². The Balaban J connectivity index is 1.92. The van der Waals surface area contributed by atoms with Gasteiger partial charge in [0.2, 0.25) is 5.91 Å². The third-order valence-corrected chi connectivity index (χ3v) is 3.88. The normalized spacial score (nSPS) is 19.1. The molecule has 104 valence electrons. The Hall–Kier alpha value is -1.55. The summed E-state index contributed by atoms with van der Waals surface area (Å²) in [6, 6.07) is 8.80. The third kappa shape index (κ3) is 3.70. The summed E-state index contributed by atoms with van der Waals surface area (Å²) in [7, 11) is 0. The second-order valence-electron chi connectivity index (χ2n) is 5.36. The summed E-state index contributed by atoms with van der Waals surface area (Å²) in [6.45, 7) is 5.83. The second-order valence-corrected chi connectivity index (χ2v) is 5.36. The van der Waals surface area contributed by atoms with Crippen LogP contribution in [0.5, 0.6) is 0 Å². The average Bonchev–Trinajstić information content (AvgIpc) is 2.38. The first-order chi connectivity index (χ1) is 9.06. The highest BCUT2D eigenvalue weighted by atomic mass is 16.1. The molecule has 4 nitrogen and oxygen atoms in total. The van der Waals surface area contributed by atoms with Gasteiger partial charge >= 0.3 is 0 Å². The van der Waals surface area contributed by atoms with E-state index in [9.17, 15) is 4.79 Å². The Morgan fingerprint density at radius 2 is 2.11 bits per heavy atom. The number of benzene rings is 1. The number of amides is 1. The zero-order valence-corrected chi connectivity index (χ0v) is 11.7. The van der Waals surface area contributed by atoms with Gasteiger partial charge in [-0.15, -0.1) is 0 Å². The van der Waals surface area contributed by atoms with E-state index in [0.717, 1.165) is 31.6 Å². The van der Waals surface area contributed by atoms with E-state index < -0.39 is 0 Å². The Labute approximate surface area is 115 Å². The van der Waals surface area contributed by atoms with E-state index >= 15 is 0 Å². The lowest BCUT2D eigenvalue weighted by Gasteiger charge is -2.36. The Bertz CT molecular complexity index is 439. The molecule has 1 aromatic carbocycles. The van der Waals surface area contributed by atoms with Crippen molar-refractivity contribution in [3.8, 4) is 0 Å². The van der Waals surface area contributed by atoms with Crippen molar-refractivity contribution in [1.82, 2.24) is 10.2 Å². The number of hydrogen-bond donors (Lipinski definition) is 2. The summed E-state index contributed by atoms with van der Waals surface area (Å²) < 4.78 is 0. The Morgan fingerprint density at radius 3 is 2.68 bits per heavy atom. The topological polar surface area (TPSA) is 58.4 Å². The van der Waals surface area contributed by atoms with Crippen molar-refractivity contribution < 1.29 is 4.79 Å². The minimum absolute atomic E-state index is 0.0716. The molecule has 4 heteroatoms. The fourth-order valence-electron chi connectivity index (χ4n) is 2.75. The maximum atomic E-state index is 11.0. The maximum absolute atomic E-state index is 11.0. The van der Waals surface area contributed by atoms with E-state index in [1.54, 1.807) is 6.92 Å². The molecule has 1 aromatic rings. The van der Waals surface area contributed by atoms with Gasteiger partial charge in [-0.25, -0.2) is 0 Å². The predicted molar refractivity (Wildman–Crippen MR) is 77.7 cm³/mol. The molecule has 2 rings (SSSR count). The number of nitrogens with two attached hydrogens (primary N) is 1. The molecule has 0 radical (unpaired) electrons. The largest absolute Gasteiger partial charge is 0.399 e. The molecule has 0 saturated carbocycles. The third-order valence-electron chi connectivity index (χ3n) is 3.88. The molecule has 0 aromatic heterocycles. The summed E-state index contributed by atoms with van der Waals surface area (Å²) in [6.07, 6.45) is 2.04. The summed E-state index contributed by atoms with van der Waals surface area (Å²) >= 11 is 0. The van der Waals surface area contributed by atoms with Gasteiger partial charge in [-0.1, -0.05) is 12.1 Å². The van der Waals surface area contributed by atoms with Crippen molar-refractivity contribution in [3.63, 3.8) is 0 Å². The molecule has 1 fully saturated rings. The zero-order chi connectivity index (χ0) is 13.8. The summed E-state index contributed by atoms with van der Waals surface area (Å²) in [5.41, 5.74) is 7.92.